The smallest absolute Gasteiger partial charge is 0.233 e. The predicted molar refractivity (Wildman–Crippen MR) is 115 cm³/mol. The van der Waals surface area contributed by atoms with E-state index in [2.05, 4.69) is 9.97 Å². The summed E-state index contributed by atoms with van der Waals surface area (Å²) in [6, 6.07) is 11.3. The van der Waals surface area contributed by atoms with E-state index in [9.17, 15) is 13.2 Å². The molecule has 1 saturated heterocycles. The Labute approximate surface area is 178 Å². The number of sulfone groups is 1. The number of hydrogen-bond donors (Lipinski definition) is 0. The quantitative estimate of drug-likeness (QED) is 0.427. The summed E-state index contributed by atoms with van der Waals surface area (Å²) in [7, 11) is -3.04. The zero-order valence-electron chi connectivity index (χ0n) is 16.2. The van der Waals surface area contributed by atoms with Crippen molar-refractivity contribution < 1.29 is 17.6 Å². The van der Waals surface area contributed by atoms with Gasteiger partial charge in [-0.1, -0.05) is 30.0 Å². The van der Waals surface area contributed by atoms with Crippen molar-refractivity contribution in [3.63, 3.8) is 0 Å². The van der Waals surface area contributed by atoms with Gasteiger partial charge in [0.2, 0.25) is 5.91 Å². The van der Waals surface area contributed by atoms with Crippen molar-refractivity contribution in [3.8, 4) is 11.6 Å². The van der Waals surface area contributed by atoms with E-state index in [-0.39, 0.29) is 35.2 Å². The second kappa shape index (κ2) is 7.70. The Morgan fingerprint density at radius 1 is 1.10 bits per heavy atom. The number of benzene rings is 1. The molecule has 30 heavy (non-hydrogen) atoms. The number of fused-ring (bicyclic) bond motifs is 1. The number of carbonyl (C=O) groups excluding carboxylic acids is 1. The number of nitrogens with zero attached hydrogens (tertiary/aromatic N) is 3. The number of para-hydroxylation sites is 1. The SMILES string of the molecule is O=C(CSc1nc(-c2ccco2)nc2ccccc12)N(C1CC1)C1CCS(=O)(=O)C1. The molecule has 9 heteroatoms. The zero-order chi connectivity index (χ0) is 20.7. The average molecular weight is 444 g/mol. The van der Waals surface area contributed by atoms with Crippen molar-refractivity contribution in [2.24, 2.45) is 0 Å². The van der Waals surface area contributed by atoms with Crippen LogP contribution < -0.4 is 0 Å². The molecule has 1 aromatic carbocycles. The van der Waals surface area contributed by atoms with Crippen molar-refractivity contribution >= 4 is 38.4 Å². The lowest BCUT2D eigenvalue weighted by molar-refractivity contribution is -0.130. The number of amides is 1. The van der Waals surface area contributed by atoms with Crippen molar-refractivity contribution in [3.05, 3.63) is 42.7 Å². The van der Waals surface area contributed by atoms with Crippen LogP contribution in [0.3, 0.4) is 0 Å². The van der Waals surface area contributed by atoms with E-state index in [0.29, 0.717) is 18.0 Å². The van der Waals surface area contributed by atoms with Gasteiger partial charge in [-0.25, -0.2) is 18.4 Å². The Balaban J connectivity index is 1.39. The van der Waals surface area contributed by atoms with Crippen molar-refractivity contribution in [2.45, 2.75) is 36.4 Å². The number of rotatable bonds is 6. The van der Waals surface area contributed by atoms with Crippen LogP contribution in [-0.4, -0.2) is 58.5 Å². The van der Waals surface area contributed by atoms with E-state index in [0.717, 1.165) is 28.8 Å². The first kappa shape index (κ1) is 19.6. The van der Waals surface area contributed by atoms with Gasteiger partial charge in [-0.2, -0.15) is 0 Å². The van der Waals surface area contributed by atoms with Crippen LogP contribution in [0.2, 0.25) is 0 Å². The molecule has 1 atom stereocenters. The molecule has 1 amide bonds. The summed E-state index contributed by atoms with van der Waals surface area (Å²) in [5.74, 6) is 1.50. The highest BCUT2D eigenvalue weighted by molar-refractivity contribution is 8.00. The Kier molecular flexibility index (Phi) is 5.02. The molecule has 0 N–H and O–H groups in total. The minimum absolute atomic E-state index is 0.0214. The van der Waals surface area contributed by atoms with Gasteiger partial charge in [0.15, 0.2) is 21.4 Å². The van der Waals surface area contributed by atoms with Gasteiger partial charge in [-0.3, -0.25) is 4.79 Å². The average Bonchev–Trinajstić information content (AvgIpc) is 3.27. The Hall–Kier alpha value is -2.39. The largest absolute Gasteiger partial charge is 0.461 e. The molecule has 2 aliphatic rings. The molecular weight excluding hydrogens is 422 g/mol. The summed E-state index contributed by atoms with van der Waals surface area (Å²) in [5.41, 5.74) is 0.787. The van der Waals surface area contributed by atoms with E-state index in [4.69, 9.17) is 4.42 Å². The van der Waals surface area contributed by atoms with E-state index in [1.165, 1.54) is 11.8 Å². The van der Waals surface area contributed by atoms with Crippen LogP contribution in [-0.2, 0) is 14.6 Å². The molecular formula is C21H21N3O4S2. The number of thioether (sulfide) groups is 1. The maximum Gasteiger partial charge on any atom is 0.233 e. The first-order chi connectivity index (χ1) is 14.5. The summed E-state index contributed by atoms with van der Waals surface area (Å²) in [6.07, 6.45) is 4.01. The zero-order valence-corrected chi connectivity index (χ0v) is 17.9. The van der Waals surface area contributed by atoms with Gasteiger partial charge in [0, 0.05) is 17.5 Å². The fraction of sp³-hybridized carbons (Fsp3) is 0.381. The van der Waals surface area contributed by atoms with Crippen LogP contribution in [0.5, 0.6) is 0 Å². The van der Waals surface area contributed by atoms with Crippen molar-refractivity contribution in [1.29, 1.82) is 0 Å². The fourth-order valence-electron chi connectivity index (χ4n) is 3.93. The summed E-state index contributed by atoms with van der Waals surface area (Å²) >= 11 is 1.37. The summed E-state index contributed by atoms with van der Waals surface area (Å²) in [6.45, 7) is 0. The molecule has 5 rings (SSSR count). The number of hydrogen-bond acceptors (Lipinski definition) is 7. The Bertz CT molecular complexity index is 1190. The minimum Gasteiger partial charge on any atom is -0.461 e. The molecule has 1 unspecified atom stereocenters. The van der Waals surface area contributed by atoms with E-state index in [1.807, 2.05) is 29.2 Å². The number of furan rings is 1. The highest BCUT2D eigenvalue weighted by atomic mass is 32.2. The first-order valence-electron chi connectivity index (χ1n) is 9.95. The molecule has 7 nitrogen and oxygen atoms in total. The van der Waals surface area contributed by atoms with Gasteiger partial charge in [-0.05, 0) is 37.5 Å². The predicted octanol–water partition coefficient (Wildman–Crippen LogP) is 3.16. The maximum absolute atomic E-state index is 13.1. The molecule has 1 aliphatic carbocycles. The monoisotopic (exact) mass is 443 g/mol. The van der Waals surface area contributed by atoms with Crippen LogP contribution in [0.15, 0.2) is 52.1 Å². The summed E-state index contributed by atoms with van der Waals surface area (Å²) in [5, 5.41) is 1.60. The number of carbonyl (C=O) groups is 1. The van der Waals surface area contributed by atoms with Crippen molar-refractivity contribution in [2.75, 3.05) is 17.3 Å². The molecule has 2 fully saturated rings. The highest BCUT2D eigenvalue weighted by Gasteiger charge is 2.41. The second-order valence-corrected chi connectivity index (χ2v) is 10.9. The van der Waals surface area contributed by atoms with Crippen molar-refractivity contribution in [1.82, 2.24) is 14.9 Å². The van der Waals surface area contributed by atoms with Crippen LogP contribution in [0, 0.1) is 0 Å². The lowest BCUT2D eigenvalue weighted by Crippen LogP contribution is -2.43. The van der Waals surface area contributed by atoms with E-state index < -0.39 is 9.84 Å². The molecule has 0 spiro atoms. The van der Waals surface area contributed by atoms with E-state index >= 15 is 0 Å². The van der Waals surface area contributed by atoms with Gasteiger partial charge in [0.25, 0.3) is 0 Å². The molecule has 2 aromatic heterocycles. The topological polar surface area (TPSA) is 93.4 Å². The number of aromatic nitrogens is 2. The van der Waals surface area contributed by atoms with E-state index in [1.54, 1.807) is 18.4 Å². The molecule has 3 heterocycles. The fourth-order valence-corrected chi connectivity index (χ4v) is 6.53. The van der Waals surface area contributed by atoms with Gasteiger partial charge in [0.1, 0.15) is 5.03 Å². The maximum atomic E-state index is 13.1. The van der Waals surface area contributed by atoms with Crippen LogP contribution >= 0.6 is 11.8 Å². The molecule has 156 valence electrons. The van der Waals surface area contributed by atoms with Gasteiger partial charge >= 0.3 is 0 Å². The standard InChI is InChI=1S/C21H21N3O4S2/c25-19(24(14-7-8-14)15-9-11-30(26,27)13-15)12-29-21-16-4-1-2-5-17(16)22-20(23-21)18-6-3-10-28-18/h1-6,10,14-15H,7-9,11-13H2. The highest BCUT2D eigenvalue weighted by Crippen LogP contribution is 2.34. The lowest BCUT2D eigenvalue weighted by atomic mass is 10.2. The Morgan fingerprint density at radius 2 is 1.93 bits per heavy atom. The van der Waals surface area contributed by atoms with Crippen LogP contribution in [0.4, 0.5) is 0 Å². The summed E-state index contributed by atoms with van der Waals surface area (Å²) < 4.78 is 29.3. The molecule has 1 saturated carbocycles. The van der Waals surface area contributed by atoms with Gasteiger partial charge in [0.05, 0.1) is 29.0 Å². The second-order valence-electron chi connectivity index (χ2n) is 7.72. The third kappa shape index (κ3) is 3.96. The normalized spacial score (nSPS) is 20.5. The first-order valence-corrected chi connectivity index (χ1v) is 12.8. The lowest BCUT2D eigenvalue weighted by Gasteiger charge is -2.28. The third-order valence-electron chi connectivity index (χ3n) is 5.47. The molecule has 1 aliphatic heterocycles. The molecule has 3 aromatic rings. The van der Waals surface area contributed by atoms with Gasteiger partial charge < -0.3 is 9.32 Å². The molecule has 0 bridgehead atoms. The summed E-state index contributed by atoms with van der Waals surface area (Å²) in [4.78, 5) is 24.1. The molecule has 0 radical (unpaired) electrons. The van der Waals surface area contributed by atoms with Crippen LogP contribution in [0.1, 0.15) is 19.3 Å². The Morgan fingerprint density at radius 3 is 2.63 bits per heavy atom. The minimum atomic E-state index is -3.04. The third-order valence-corrected chi connectivity index (χ3v) is 8.20. The van der Waals surface area contributed by atoms with Crippen LogP contribution in [0.25, 0.3) is 22.5 Å². The van der Waals surface area contributed by atoms with Gasteiger partial charge in [-0.15, -0.1) is 0 Å².